The Morgan fingerprint density at radius 1 is 1.07 bits per heavy atom. The molecule has 3 amide bonds. The molecule has 30 heavy (non-hydrogen) atoms. The van der Waals surface area contributed by atoms with E-state index in [1.807, 2.05) is 6.07 Å². The summed E-state index contributed by atoms with van der Waals surface area (Å²) in [5.41, 5.74) is 1.30. The molecule has 7 heteroatoms. The fourth-order valence-electron chi connectivity index (χ4n) is 4.55. The quantitative estimate of drug-likeness (QED) is 0.675. The molecule has 1 aromatic carbocycles. The van der Waals surface area contributed by atoms with Crippen LogP contribution in [0.4, 0.5) is 4.79 Å². The molecule has 2 saturated heterocycles. The highest BCUT2D eigenvalue weighted by molar-refractivity contribution is 6.23. The fourth-order valence-corrected chi connectivity index (χ4v) is 4.55. The van der Waals surface area contributed by atoms with Gasteiger partial charge in [-0.1, -0.05) is 37.3 Å². The van der Waals surface area contributed by atoms with E-state index < -0.39 is 6.04 Å². The third-order valence-corrected chi connectivity index (χ3v) is 6.56. The highest BCUT2D eigenvalue weighted by atomic mass is 16.2. The van der Waals surface area contributed by atoms with Gasteiger partial charge in [0.2, 0.25) is 0 Å². The van der Waals surface area contributed by atoms with Gasteiger partial charge in [0.05, 0.1) is 6.54 Å². The molecule has 0 bridgehead atoms. The molecule has 0 aliphatic carbocycles. The number of imide groups is 1. The number of fused-ring (bicyclic) bond motifs is 1. The summed E-state index contributed by atoms with van der Waals surface area (Å²) >= 11 is 0. The highest BCUT2D eigenvalue weighted by Crippen LogP contribution is 2.21. The van der Waals surface area contributed by atoms with E-state index in [-0.39, 0.29) is 11.9 Å². The number of hydrogen-bond donors (Lipinski definition) is 0. The van der Waals surface area contributed by atoms with E-state index >= 15 is 0 Å². The first kappa shape index (κ1) is 20.7. The molecule has 0 N–H and O–H groups in total. The molecule has 0 radical (unpaired) electrons. The molecular formula is C23H32N5O2+. The van der Waals surface area contributed by atoms with Gasteiger partial charge in [-0.3, -0.25) is 19.5 Å². The monoisotopic (exact) mass is 410 g/mol. The van der Waals surface area contributed by atoms with E-state index in [0.29, 0.717) is 5.84 Å². The third-order valence-electron chi connectivity index (χ3n) is 6.56. The Hall–Kier alpha value is -2.54. The van der Waals surface area contributed by atoms with Crippen molar-refractivity contribution >= 4 is 23.6 Å². The number of amidine groups is 2. The Morgan fingerprint density at radius 2 is 1.77 bits per heavy atom. The molecule has 2 fully saturated rings. The summed E-state index contributed by atoms with van der Waals surface area (Å²) in [5, 5.41) is 0. The molecule has 1 atom stereocenters. The number of piperidine rings is 1. The molecule has 0 aromatic heterocycles. The van der Waals surface area contributed by atoms with Crippen LogP contribution >= 0.6 is 0 Å². The number of amides is 3. The SMILES string of the molecule is CC1CCN(CC2=[N+](CCCc3ccccc3)C3C(=O)N(C)C(=O)N(C)C3=N2)CC1. The lowest BCUT2D eigenvalue weighted by Crippen LogP contribution is -2.61. The number of nitrogens with zero attached hydrogens (tertiary/aromatic N) is 5. The molecule has 7 nitrogen and oxygen atoms in total. The standard InChI is InChI=1S/C23H32N5O2/c1-17-11-14-27(15-12-17)16-19-24-21-20(22(29)26(3)23(30)25(21)2)28(19)13-7-10-18-8-5-4-6-9-18/h4-6,8-9,17,20H,7,10-16H2,1-3H3/q+1. The van der Waals surface area contributed by atoms with Crippen LogP contribution in [0, 0.1) is 5.92 Å². The Labute approximate surface area is 178 Å². The molecular weight excluding hydrogens is 378 g/mol. The van der Waals surface area contributed by atoms with Crippen molar-refractivity contribution in [2.45, 2.75) is 38.6 Å². The third kappa shape index (κ3) is 4.03. The lowest BCUT2D eigenvalue weighted by Gasteiger charge is -2.31. The first-order valence-corrected chi connectivity index (χ1v) is 11.0. The van der Waals surface area contributed by atoms with Crippen LogP contribution < -0.4 is 0 Å². The van der Waals surface area contributed by atoms with E-state index in [1.165, 1.54) is 28.2 Å². The first-order chi connectivity index (χ1) is 14.5. The van der Waals surface area contributed by atoms with E-state index in [2.05, 4.69) is 40.7 Å². The maximum atomic E-state index is 13.0. The Bertz CT molecular complexity index is 871. The largest absolute Gasteiger partial charge is 0.333 e. The zero-order valence-electron chi connectivity index (χ0n) is 18.3. The second kappa shape index (κ2) is 8.68. The predicted octanol–water partition coefficient (Wildman–Crippen LogP) is 2.07. The predicted molar refractivity (Wildman–Crippen MR) is 117 cm³/mol. The molecule has 0 saturated carbocycles. The van der Waals surface area contributed by atoms with Gasteiger partial charge in [0, 0.05) is 14.1 Å². The average Bonchev–Trinajstić information content (AvgIpc) is 3.11. The van der Waals surface area contributed by atoms with Gasteiger partial charge in [-0.15, -0.1) is 0 Å². The van der Waals surface area contributed by atoms with Crippen LogP contribution in [0.25, 0.3) is 0 Å². The number of likely N-dealkylation sites (N-methyl/N-ethyl adjacent to an activating group) is 2. The van der Waals surface area contributed by atoms with Crippen LogP contribution in [-0.2, 0) is 11.2 Å². The summed E-state index contributed by atoms with van der Waals surface area (Å²) in [4.78, 5) is 35.4. The van der Waals surface area contributed by atoms with Crippen molar-refractivity contribution in [3.63, 3.8) is 0 Å². The molecule has 160 valence electrons. The van der Waals surface area contributed by atoms with Crippen LogP contribution in [0.3, 0.4) is 0 Å². The molecule has 3 aliphatic heterocycles. The molecule has 1 aromatic rings. The van der Waals surface area contributed by atoms with E-state index in [4.69, 9.17) is 4.99 Å². The van der Waals surface area contributed by atoms with Crippen molar-refractivity contribution in [2.75, 3.05) is 40.3 Å². The van der Waals surface area contributed by atoms with E-state index in [1.54, 1.807) is 14.1 Å². The normalized spacial score (nSPS) is 23.3. The van der Waals surface area contributed by atoms with Gasteiger partial charge in [0.15, 0.2) is 0 Å². The Balaban J connectivity index is 1.55. The number of aryl methyl sites for hydroxylation is 1. The van der Waals surface area contributed by atoms with Crippen LogP contribution in [0.15, 0.2) is 35.3 Å². The van der Waals surface area contributed by atoms with Crippen molar-refractivity contribution in [3.8, 4) is 0 Å². The van der Waals surface area contributed by atoms with Gasteiger partial charge in [0.1, 0.15) is 6.54 Å². The van der Waals surface area contributed by atoms with Gasteiger partial charge in [-0.2, -0.15) is 0 Å². The summed E-state index contributed by atoms with van der Waals surface area (Å²) < 4.78 is 2.14. The topological polar surface area (TPSA) is 59.2 Å². The number of rotatable bonds is 6. The van der Waals surface area contributed by atoms with Gasteiger partial charge in [-0.25, -0.2) is 9.37 Å². The van der Waals surface area contributed by atoms with Crippen molar-refractivity contribution in [1.29, 1.82) is 0 Å². The molecule has 0 spiro atoms. The lowest BCUT2D eigenvalue weighted by molar-refractivity contribution is -0.536. The van der Waals surface area contributed by atoms with Crippen LogP contribution in [0.2, 0.25) is 0 Å². The van der Waals surface area contributed by atoms with Gasteiger partial charge in [0.25, 0.3) is 17.8 Å². The Kier molecular flexibility index (Phi) is 5.99. The maximum absolute atomic E-state index is 13.0. The van der Waals surface area contributed by atoms with Crippen molar-refractivity contribution in [2.24, 2.45) is 10.9 Å². The molecule has 3 aliphatic rings. The van der Waals surface area contributed by atoms with Crippen LogP contribution in [0.5, 0.6) is 0 Å². The number of hydrogen-bond acceptors (Lipinski definition) is 4. The number of aliphatic imine (C=N–C) groups is 1. The second-order valence-corrected chi connectivity index (χ2v) is 8.77. The number of benzene rings is 1. The zero-order valence-corrected chi connectivity index (χ0v) is 18.3. The summed E-state index contributed by atoms with van der Waals surface area (Å²) in [5.74, 6) is 2.08. The van der Waals surface area contributed by atoms with Crippen molar-refractivity contribution in [3.05, 3.63) is 35.9 Å². The summed E-state index contributed by atoms with van der Waals surface area (Å²) in [6.45, 7) is 5.89. The zero-order chi connectivity index (χ0) is 21.3. The first-order valence-electron chi connectivity index (χ1n) is 11.0. The van der Waals surface area contributed by atoms with Gasteiger partial charge >= 0.3 is 11.9 Å². The van der Waals surface area contributed by atoms with E-state index in [9.17, 15) is 9.59 Å². The summed E-state index contributed by atoms with van der Waals surface area (Å²) in [6, 6.07) is 9.61. The summed E-state index contributed by atoms with van der Waals surface area (Å²) in [6.07, 6.45) is 4.27. The number of carbonyl (C=O) groups excluding carboxylic acids is 2. The van der Waals surface area contributed by atoms with Gasteiger partial charge in [-0.05, 0) is 55.2 Å². The van der Waals surface area contributed by atoms with Gasteiger partial charge < -0.3 is 0 Å². The number of urea groups is 1. The minimum atomic E-state index is -0.493. The maximum Gasteiger partial charge on any atom is 0.333 e. The number of likely N-dealkylation sites (tertiary alicyclic amines) is 1. The Morgan fingerprint density at radius 3 is 2.47 bits per heavy atom. The van der Waals surface area contributed by atoms with E-state index in [0.717, 1.165) is 50.8 Å². The lowest BCUT2D eigenvalue weighted by atomic mass is 9.99. The minimum absolute atomic E-state index is 0.182. The fraction of sp³-hybridized carbons (Fsp3) is 0.565. The molecule has 3 heterocycles. The van der Waals surface area contributed by atoms with Crippen molar-refractivity contribution < 1.29 is 14.2 Å². The molecule has 4 rings (SSSR count). The average molecular weight is 411 g/mol. The second-order valence-electron chi connectivity index (χ2n) is 8.77. The smallest absolute Gasteiger partial charge is 0.292 e. The minimum Gasteiger partial charge on any atom is -0.292 e. The number of carbonyl (C=O) groups is 2. The van der Waals surface area contributed by atoms with Crippen molar-refractivity contribution in [1.82, 2.24) is 14.7 Å². The molecule has 1 unspecified atom stereocenters. The van der Waals surface area contributed by atoms with Crippen LogP contribution in [0.1, 0.15) is 31.7 Å². The summed E-state index contributed by atoms with van der Waals surface area (Å²) in [7, 11) is 3.27. The highest BCUT2D eigenvalue weighted by Gasteiger charge is 2.52. The van der Waals surface area contributed by atoms with Crippen LogP contribution in [-0.4, -0.2) is 89.2 Å².